The zero-order valence-corrected chi connectivity index (χ0v) is 20.9. The van der Waals surface area contributed by atoms with Crippen molar-refractivity contribution in [1.29, 1.82) is 0 Å². The predicted octanol–water partition coefficient (Wildman–Crippen LogP) is 4.29. The highest BCUT2D eigenvalue weighted by Crippen LogP contribution is 2.61. The summed E-state index contributed by atoms with van der Waals surface area (Å²) in [6, 6.07) is 1.84. The quantitative estimate of drug-likeness (QED) is 0.464. The van der Waals surface area contributed by atoms with Gasteiger partial charge >= 0.3 is 5.97 Å². The smallest absolute Gasteiger partial charge is 0.333 e. The maximum Gasteiger partial charge on any atom is 0.333 e. The molecule has 0 saturated heterocycles. The van der Waals surface area contributed by atoms with Gasteiger partial charge in [-0.3, -0.25) is 4.79 Å². The van der Waals surface area contributed by atoms with Crippen LogP contribution in [0.15, 0.2) is 40.9 Å². The molecule has 0 unspecified atom stereocenters. The van der Waals surface area contributed by atoms with E-state index in [4.69, 9.17) is 28.4 Å². The highest BCUT2D eigenvalue weighted by atomic mass is 16.7. The SMILES string of the molecule is CC=C(C)C(=O)O[C@@H]1c2cc3c(c4c2[C@@]2(CO4)C(=O)C(OC)=C(OC)C=C2C[C@@H](C)[C@H]1C)OCO3. The molecule has 186 valence electrons. The first-order valence-electron chi connectivity index (χ1n) is 11.8. The number of carbonyl (C=O) groups excluding carboxylic acids is 2. The summed E-state index contributed by atoms with van der Waals surface area (Å²) in [5.74, 6) is 1.30. The summed E-state index contributed by atoms with van der Waals surface area (Å²) in [4.78, 5) is 27.1. The summed E-state index contributed by atoms with van der Waals surface area (Å²) >= 11 is 0. The number of ketones is 1. The number of rotatable bonds is 4. The Kier molecular flexibility index (Phi) is 5.57. The Bertz CT molecular complexity index is 1210. The standard InChI is InChI=1S/C27H30O8/c1-7-13(2)26(29)35-21-15(4)14(3)8-16-9-18(30-5)23(31-6)25(28)27(16)11-32-24-20(27)17(21)10-19-22(24)34-12-33-19/h7,9-10,14-15,21H,8,11-12H2,1-6H3/t14-,15-,21+,27+/m1/s1. The van der Waals surface area contributed by atoms with Gasteiger partial charge in [0.1, 0.15) is 18.1 Å². The van der Waals surface area contributed by atoms with Crippen LogP contribution in [0, 0.1) is 11.8 Å². The summed E-state index contributed by atoms with van der Waals surface area (Å²) in [6.45, 7) is 7.81. The van der Waals surface area contributed by atoms with Crippen molar-refractivity contribution in [2.24, 2.45) is 11.8 Å². The molecule has 2 aliphatic heterocycles. The van der Waals surface area contributed by atoms with Crippen molar-refractivity contribution in [3.05, 3.63) is 52.0 Å². The van der Waals surface area contributed by atoms with Gasteiger partial charge in [0.2, 0.25) is 24.1 Å². The van der Waals surface area contributed by atoms with E-state index in [-0.39, 0.29) is 36.8 Å². The number of methoxy groups -OCH3 is 2. The predicted molar refractivity (Wildman–Crippen MR) is 125 cm³/mol. The van der Waals surface area contributed by atoms with Gasteiger partial charge < -0.3 is 28.4 Å². The molecule has 0 saturated carbocycles. The topological polar surface area (TPSA) is 89.5 Å². The molecule has 4 atom stereocenters. The summed E-state index contributed by atoms with van der Waals surface area (Å²) in [5, 5.41) is 0. The minimum absolute atomic E-state index is 0.0450. The third-order valence-corrected chi connectivity index (χ3v) is 7.82. The van der Waals surface area contributed by atoms with Crippen molar-refractivity contribution in [3.63, 3.8) is 0 Å². The molecule has 4 aliphatic rings. The molecule has 1 aromatic carbocycles. The fourth-order valence-corrected chi connectivity index (χ4v) is 5.51. The van der Waals surface area contributed by atoms with Crippen LogP contribution in [0.25, 0.3) is 0 Å². The lowest BCUT2D eigenvalue weighted by molar-refractivity contribution is -0.148. The summed E-state index contributed by atoms with van der Waals surface area (Å²) < 4.78 is 34.9. The van der Waals surface area contributed by atoms with E-state index in [2.05, 4.69) is 13.8 Å². The second-order valence-electron chi connectivity index (χ2n) is 9.54. The van der Waals surface area contributed by atoms with Crippen LogP contribution in [0.2, 0.25) is 0 Å². The second-order valence-corrected chi connectivity index (χ2v) is 9.54. The van der Waals surface area contributed by atoms with E-state index in [0.717, 1.165) is 5.57 Å². The highest BCUT2D eigenvalue weighted by Gasteiger charge is 2.59. The molecule has 35 heavy (non-hydrogen) atoms. The zero-order chi connectivity index (χ0) is 25.1. The van der Waals surface area contributed by atoms with Crippen LogP contribution in [0.5, 0.6) is 17.2 Å². The number of allylic oxidation sites excluding steroid dienone is 3. The first-order chi connectivity index (χ1) is 16.8. The van der Waals surface area contributed by atoms with Gasteiger partial charge in [-0.2, -0.15) is 0 Å². The molecule has 5 rings (SSSR count). The van der Waals surface area contributed by atoms with E-state index in [1.54, 1.807) is 19.9 Å². The Morgan fingerprint density at radius 2 is 1.91 bits per heavy atom. The Hall–Kier alpha value is -3.42. The molecule has 1 spiro atoms. The molecular formula is C27H30O8. The van der Waals surface area contributed by atoms with Crippen molar-refractivity contribution in [3.8, 4) is 17.2 Å². The lowest BCUT2D eigenvalue weighted by atomic mass is 9.62. The number of hydrogen-bond acceptors (Lipinski definition) is 8. The summed E-state index contributed by atoms with van der Waals surface area (Å²) in [5.41, 5.74) is 1.59. The van der Waals surface area contributed by atoms with Crippen molar-refractivity contribution in [2.45, 2.75) is 45.6 Å². The molecule has 2 heterocycles. The van der Waals surface area contributed by atoms with Crippen LogP contribution in [0.4, 0.5) is 0 Å². The Morgan fingerprint density at radius 1 is 1.14 bits per heavy atom. The summed E-state index contributed by atoms with van der Waals surface area (Å²) in [6.07, 6.45) is 3.58. The number of hydrogen-bond donors (Lipinski definition) is 0. The average molecular weight is 483 g/mol. The van der Waals surface area contributed by atoms with Crippen LogP contribution < -0.4 is 14.2 Å². The van der Waals surface area contributed by atoms with Crippen molar-refractivity contribution >= 4 is 11.8 Å². The maximum atomic E-state index is 14.2. The molecule has 8 nitrogen and oxygen atoms in total. The normalized spacial score (nSPS) is 28.9. The van der Waals surface area contributed by atoms with Gasteiger partial charge in [0.05, 0.1) is 14.2 Å². The maximum absolute atomic E-state index is 14.2. The third kappa shape index (κ3) is 3.18. The van der Waals surface area contributed by atoms with Crippen LogP contribution >= 0.6 is 0 Å². The third-order valence-electron chi connectivity index (χ3n) is 7.82. The molecule has 0 radical (unpaired) electrons. The van der Waals surface area contributed by atoms with Gasteiger partial charge in [-0.25, -0.2) is 4.79 Å². The fraction of sp³-hybridized carbons (Fsp3) is 0.481. The Balaban J connectivity index is 1.80. The zero-order valence-electron chi connectivity index (χ0n) is 20.9. The van der Waals surface area contributed by atoms with Crippen molar-refractivity contribution in [1.82, 2.24) is 0 Å². The van der Waals surface area contributed by atoms with E-state index >= 15 is 0 Å². The van der Waals surface area contributed by atoms with E-state index in [0.29, 0.717) is 46.1 Å². The van der Waals surface area contributed by atoms with Crippen LogP contribution in [-0.2, 0) is 29.2 Å². The Labute approximate surface area is 204 Å². The molecule has 0 amide bonds. The number of carbonyl (C=O) groups is 2. The lowest BCUT2D eigenvalue weighted by Gasteiger charge is -2.41. The fourth-order valence-electron chi connectivity index (χ4n) is 5.51. The number of Topliss-reactive ketones (excluding diaryl/α,β-unsaturated/α-hetero) is 1. The highest BCUT2D eigenvalue weighted by molar-refractivity contribution is 6.08. The van der Waals surface area contributed by atoms with Gasteiger partial charge in [-0.15, -0.1) is 0 Å². The van der Waals surface area contributed by atoms with Crippen molar-refractivity contribution in [2.75, 3.05) is 27.6 Å². The van der Waals surface area contributed by atoms with Gasteiger partial charge in [0, 0.05) is 22.6 Å². The molecule has 0 aromatic heterocycles. The number of esters is 1. The molecule has 0 N–H and O–H groups in total. The van der Waals surface area contributed by atoms with E-state index in [1.807, 2.05) is 12.1 Å². The monoisotopic (exact) mass is 482 g/mol. The Morgan fingerprint density at radius 3 is 2.60 bits per heavy atom. The van der Waals surface area contributed by atoms with Crippen LogP contribution in [-0.4, -0.2) is 39.4 Å². The molecule has 2 aliphatic carbocycles. The summed E-state index contributed by atoms with van der Waals surface area (Å²) in [7, 11) is 2.98. The number of ether oxygens (including phenoxy) is 6. The van der Waals surface area contributed by atoms with E-state index < -0.39 is 17.5 Å². The van der Waals surface area contributed by atoms with Crippen LogP contribution in [0.1, 0.15) is 51.3 Å². The van der Waals surface area contributed by atoms with Gasteiger partial charge in [0.25, 0.3) is 0 Å². The average Bonchev–Trinajstić information content (AvgIpc) is 3.48. The first-order valence-corrected chi connectivity index (χ1v) is 11.8. The lowest BCUT2D eigenvalue weighted by Crippen LogP contribution is -2.46. The molecule has 1 aromatic rings. The van der Waals surface area contributed by atoms with Gasteiger partial charge in [-0.05, 0) is 43.9 Å². The molecule has 0 bridgehead atoms. The minimum Gasteiger partial charge on any atom is -0.493 e. The molecule has 8 heteroatoms. The minimum atomic E-state index is -1.15. The molecular weight excluding hydrogens is 452 g/mol. The van der Waals surface area contributed by atoms with Gasteiger partial charge in [-0.1, -0.05) is 19.9 Å². The van der Waals surface area contributed by atoms with E-state index in [9.17, 15) is 9.59 Å². The number of fused-ring (bicyclic) bond motifs is 2. The second kappa shape index (κ2) is 8.36. The largest absolute Gasteiger partial charge is 0.493 e. The first kappa shape index (κ1) is 23.3. The number of benzene rings is 1. The van der Waals surface area contributed by atoms with Gasteiger partial charge in [0.15, 0.2) is 17.3 Å². The molecule has 0 fully saturated rings. The van der Waals surface area contributed by atoms with Crippen LogP contribution in [0.3, 0.4) is 0 Å². The van der Waals surface area contributed by atoms with Crippen molar-refractivity contribution < 1.29 is 38.0 Å². The van der Waals surface area contributed by atoms with E-state index in [1.165, 1.54) is 14.2 Å².